The van der Waals surface area contributed by atoms with E-state index in [2.05, 4.69) is 14.7 Å². The minimum Gasteiger partial charge on any atom is -0.453 e. The van der Waals surface area contributed by atoms with Gasteiger partial charge < -0.3 is 14.1 Å². The number of ether oxygens (including phenoxy) is 1. The molecule has 0 saturated heterocycles. The van der Waals surface area contributed by atoms with Crippen molar-refractivity contribution >= 4 is 17.2 Å². The Labute approximate surface area is 178 Å². The Balaban J connectivity index is 0.00000155. The van der Waals surface area contributed by atoms with Crippen LogP contribution in [0, 0.1) is 0 Å². The standard InChI is InChI=1S/C20H16ClF3N2O2.C2H6/c1-3-7-15(28-20(22,23)24)12(2)14-10-11-16(27-14)19-25-17(18(21)26-19)13-8-5-4-6-9-13;1-2/h3-11H,1-2H3,(H,25,26);1-2H3/b7-3-,15-12-;. The first-order valence-electron chi connectivity index (χ1n) is 9.29. The van der Waals surface area contributed by atoms with Gasteiger partial charge in [-0.2, -0.15) is 0 Å². The fraction of sp³-hybridized carbons (Fsp3) is 0.227. The lowest BCUT2D eigenvalue weighted by atomic mass is 10.2. The molecule has 0 atom stereocenters. The van der Waals surface area contributed by atoms with Crippen LogP contribution in [-0.2, 0) is 4.74 Å². The van der Waals surface area contributed by atoms with Gasteiger partial charge in [-0.3, -0.25) is 0 Å². The summed E-state index contributed by atoms with van der Waals surface area (Å²) in [5.41, 5.74) is 1.58. The fourth-order valence-corrected chi connectivity index (χ4v) is 2.80. The number of H-pyrrole nitrogens is 1. The number of furan rings is 1. The van der Waals surface area contributed by atoms with Gasteiger partial charge in [0, 0.05) is 11.1 Å². The van der Waals surface area contributed by atoms with E-state index in [4.69, 9.17) is 16.0 Å². The minimum absolute atomic E-state index is 0.197. The first-order valence-corrected chi connectivity index (χ1v) is 9.67. The molecule has 0 unspecified atom stereocenters. The molecule has 1 aromatic carbocycles. The van der Waals surface area contributed by atoms with Gasteiger partial charge in [0.05, 0.1) is 0 Å². The van der Waals surface area contributed by atoms with E-state index in [0.717, 1.165) is 5.56 Å². The number of hydrogen-bond acceptors (Lipinski definition) is 3. The maximum absolute atomic E-state index is 12.6. The molecule has 30 heavy (non-hydrogen) atoms. The summed E-state index contributed by atoms with van der Waals surface area (Å²) in [4.78, 5) is 7.36. The number of rotatable bonds is 5. The smallest absolute Gasteiger partial charge is 0.453 e. The third-order valence-electron chi connectivity index (χ3n) is 3.83. The van der Waals surface area contributed by atoms with Crippen LogP contribution in [-0.4, -0.2) is 16.3 Å². The van der Waals surface area contributed by atoms with Crippen molar-refractivity contribution in [2.75, 3.05) is 0 Å². The summed E-state index contributed by atoms with van der Waals surface area (Å²) >= 11 is 6.24. The molecular formula is C22H22ClF3N2O2. The van der Waals surface area contributed by atoms with Gasteiger partial charge in [-0.1, -0.05) is 61.9 Å². The zero-order valence-corrected chi connectivity index (χ0v) is 17.7. The molecular weight excluding hydrogens is 417 g/mol. The highest BCUT2D eigenvalue weighted by Crippen LogP contribution is 2.33. The Hall–Kier alpha value is -2.93. The number of benzene rings is 1. The lowest BCUT2D eigenvalue weighted by molar-refractivity contribution is -0.303. The Morgan fingerprint density at radius 3 is 2.40 bits per heavy atom. The topological polar surface area (TPSA) is 51.0 Å². The summed E-state index contributed by atoms with van der Waals surface area (Å²) in [5.74, 6) is 0.581. The molecule has 4 nitrogen and oxygen atoms in total. The number of allylic oxidation sites excluding steroid dienone is 3. The number of aromatic amines is 1. The monoisotopic (exact) mass is 438 g/mol. The Morgan fingerprint density at radius 1 is 1.13 bits per heavy atom. The molecule has 3 rings (SSSR count). The van der Waals surface area contributed by atoms with Gasteiger partial charge in [-0.25, -0.2) is 4.98 Å². The zero-order chi connectivity index (χ0) is 22.3. The van der Waals surface area contributed by atoms with E-state index in [1.807, 2.05) is 44.2 Å². The number of nitrogens with zero attached hydrogens (tertiary/aromatic N) is 1. The van der Waals surface area contributed by atoms with Crippen LogP contribution in [0.15, 0.2) is 64.8 Å². The van der Waals surface area contributed by atoms with Crippen LogP contribution < -0.4 is 0 Å². The lowest BCUT2D eigenvalue weighted by Gasteiger charge is -2.11. The maximum atomic E-state index is 12.6. The van der Waals surface area contributed by atoms with E-state index in [9.17, 15) is 13.2 Å². The molecule has 0 saturated carbocycles. The van der Waals surface area contributed by atoms with E-state index in [-0.39, 0.29) is 17.1 Å². The molecule has 0 radical (unpaired) electrons. The van der Waals surface area contributed by atoms with Crippen molar-refractivity contribution in [3.63, 3.8) is 0 Å². The molecule has 0 aliphatic heterocycles. The summed E-state index contributed by atoms with van der Waals surface area (Å²) < 4.78 is 47.7. The van der Waals surface area contributed by atoms with Gasteiger partial charge >= 0.3 is 6.36 Å². The predicted molar refractivity (Wildman–Crippen MR) is 113 cm³/mol. The molecule has 0 aliphatic rings. The SMILES string of the molecule is C/C=C\C(OC(F)(F)F)=C(/C)c1ccc(-c2nc(-c3ccccc3)c(Cl)[nH]2)o1.CC. The summed E-state index contributed by atoms with van der Waals surface area (Å²) in [6, 6.07) is 12.5. The predicted octanol–water partition coefficient (Wildman–Crippen LogP) is 7.86. The number of halogens is 4. The summed E-state index contributed by atoms with van der Waals surface area (Å²) in [7, 11) is 0. The third kappa shape index (κ3) is 5.79. The van der Waals surface area contributed by atoms with Crippen molar-refractivity contribution in [3.05, 3.63) is 71.3 Å². The molecule has 0 fully saturated rings. The number of hydrogen-bond donors (Lipinski definition) is 1. The molecule has 1 N–H and O–H groups in total. The van der Waals surface area contributed by atoms with Gasteiger partial charge in [-0.15, -0.1) is 13.2 Å². The van der Waals surface area contributed by atoms with Crippen molar-refractivity contribution in [1.82, 2.24) is 9.97 Å². The van der Waals surface area contributed by atoms with Gasteiger partial charge in [0.15, 0.2) is 11.6 Å². The van der Waals surface area contributed by atoms with Crippen LogP contribution in [0.4, 0.5) is 13.2 Å². The molecule has 0 amide bonds. The average molecular weight is 439 g/mol. The van der Waals surface area contributed by atoms with E-state index in [1.165, 1.54) is 19.1 Å². The fourth-order valence-electron chi connectivity index (χ4n) is 2.56. The Kier molecular flexibility index (Phi) is 7.94. The second-order valence-corrected chi connectivity index (χ2v) is 6.19. The second kappa shape index (κ2) is 10.2. The van der Waals surface area contributed by atoms with Crippen LogP contribution in [0.1, 0.15) is 33.5 Å². The van der Waals surface area contributed by atoms with E-state index < -0.39 is 6.36 Å². The van der Waals surface area contributed by atoms with Gasteiger partial charge in [0.1, 0.15) is 22.4 Å². The van der Waals surface area contributed by atoms with Crippen LogP contribution >= 0.6 is 11.6 Å². The molecule has 0 bridgehead atoms. The molecule has 160 valence electrons. The second-order valence-electron chi connectivity index (χ2n) is 5.81. The van der Waals surface area contributed by atoms with Crippen molar-refractivity contribution in [1.29, 1.82) is 0 Å². The van der Waals surface area contributed by atoms with Crippen LogP contribution in [0.5, 0.6) is 0 Å². The van der Waals surface area contributed by atoms with Gasteiger partial charge in [0.2, 0.25) is 0 Å². The number of nitrogens with one attached hydrogen (secondary N) is 1. The Morgan fingerprint density at radius 2 is 1.80 bits per heavy atom. The van der Waals surface area contributed by atoms with Crippen molar-refractivity contribution < 1.29 is 22.3 Å². The molecule has 0 spiro atoms. The molecule has 3 aromatic rings. The van der Waals surface area contributed by atoms with Crippen molar-refractivity contribution in [2.45, 2.75) is 34.1 Å². The summed E-state index contributed by atoms with van der Waals surface area (Å²) in [6.45, 7) is 7.07. The van der Waals surface area contributed by atoms with E-state index >= 15 is 0 Å². The maximum Gasteiger partial charge on any atom is 0.573 e. The van der Waals surface area contributed by atoms with E-state index in [1.54, 1.807) is 19.1 Å². The van der Waals surface area contributed by atoms with Crippen LogP contribution in [0.3, 0.4) is 0 Å². The van der Waals surface area contributed by atoms with Crippen LogP contribution in [0.2, 0.25) is 5.15 Å². The quantitative estimate of drug-likeness (QED) is 0.326. The highest BCUT2D eigenvalue weighted by atomic mass is 35.5. The lowest BCUT2D eigenvalue weighted by Crippen LogP contribution is -2.12. The molecule has 2 aromatic heterocycles. The molecule has 8 heteroatoms. The number of alkyl halides is 3. The normalized spacial score (nSPS) is 12.4. The highest BCUT2D eigenvalue weighted by molar-refractivity contribution is 6.32. The highest BCUT2D eigenvalue weighted by Gasteiger charge is 2.32. The van der Waals surface area contributed by atoms with Crippen molar-refractivity contribution in [3.8, 4) is 22.8 Å². The first kappa shape index (κ1) is 23.3. The van der Waals surface area contributed by atoms with E-state index in [0.29, 0.717) is 22.4 Å². The largest absolute Gasteiger partial charge is 0.573 e. The Bertz CT molecular complexity index is 1020. The third-order valence-corrected chi connectivity index (χ3v) is 4.10. The molecule has 0 aliphatic carbocycles. The van der Waals surface area contributed by atoms with Crippen LogP contribution in [0.25, 0.3) is 28.4 Å². The van der Waals surface area contributed by atoms with Crippen molar-refractivity contribution in [2.24, 2.45) is 0 Å². The first-order chi connectivity index (χ1) is 14.3. The van der Waals surface area contributed by atoms with Gasteiger partial charge in [0.25, 0.3) is 0 Å². The zero-order valence-electron chi connectivity index (χ0n) is 17.0. The number of imidazole rings is 1. The molecule has 2 heterocycles. The summed E-state index contributed by atoms with van der Waals surface area (Å²) in [5, 5.41) is 0.335. The van der Waals surface area contributed by atoms with Gasteiger partial charge in [-0.05, 0) is 32.1 Å². The minimum atomic E-state index is -4.80. The average Bonchev–Trinajstić information content (AvgIpc) is 3.35. The summed E-state index contributed by atoms with van der Waals surface area (Å²) in [6.07, 6.45) is -2.13. The number of aromatic nitrogens is 2.